The lowest BCUT2D eigenvalue weighted by atomic mass is 10.1. The van der Waals surface area contributed by atoms with Crippen LogP contribution in [0.2, 0.25) is 0 Å². The summed E-state index contributed by atoms with van der Waals surface area (Å²) in [4.78, 5) is 4.03. The summed E-state index contributed by atoms with van der Waals surface area (Å²) in [5, 5.41) is 4.55. The molecule has 2 heterocycles. The Labute approximate surface area is 110 Å². The highest BCUT2D eigenvalue weighted by molar-refractivity contribution is 7.11. The van der Waals surface area contributed by atoms with Crippen LogP contribution in [-0.2, 0) is 0 Å². The molecule has 1 saturated carbocycles. The molecular weight excluding hydrogens is 244 g/mol. The Hall–Kier alpha value is -1.62. The van der Waals surface area contributed by atoms with E-state index in [0.717, 1.165) is 34.5 Å². The summed E-state index contributed by atoms with van der Waals surface area (Å²) < 4.78 is 4.25. The Morgan fingerprint density at radius 2 is 2.17 bits per heavy atom. The van der Waals surface area contributed by atoms with Crippen molar-refractivity contribution >= 4 is 22.4 Å². The van der Waals surface area contributed by atoms with Crippen LogP contribution in [0, 0.1) is 11.8 Å². The number of nitrogen functional groups attached to an aromatic ring is 1. The molecule has 18 heavy (non-hydrogen) atoms. The number of hydrogen-bond donors (Lipinski definition) is 2. The van der Waals surface area contributed by atoms with Crippen LogP contribution in [0.1, 0.15) is 13.3 Å². The highest BCUT2D eigenvalue weighted by Gasteiger charge is 2.32. The lowest BCUT2D eigenvalue weighted by Crippen LogP contribution is -2.04. The van der Waals surface area contributed by atoms with Gasteiger partial charge in [-0.15, -0.1) is 0 Å². The fourth-order valence-corrected chi connectivity index (χ4v) is 2.87. The van der Waals surface area contributed by atoms with E-state index in [1.54, 1.807) is 12.4 Å². The highest BCUT2D eigenvalue weighted by Crippen LogP contribution is 2.40. The lowest BCUT2D eigenvalue weighted by Gasteiger charge is -2.06. The average Bonchev–Trinajstić information content (AvgIpc) is 2.96. The van der Waals surface area contributed by atoms with Gasteiger partial charge in [-0.2, -0.15) is 4.37 Å². The minimum absolute atomic E-state index is 0.595. The van der Waals surface area contributed by atoms with E-state index in [1.165, 1.54) is 18.0 Å². The third-order valence-corrected chi connectivity index (χ3v) is 4.31. The van der Waals surface area contributed by atoms with Crippen LogP contribution in [0.5, 0.6) is 0 Å². The first-order chi connectivity index (χ1) is 8.75. The summed E-state index contributed by atoms with van der Waals surface area (Å²) in [5.41, 5.74) is 8.04. The summed E-state index contributed by atoms with van der Waals surface area (Å²) in [6.07, 6.45) is 4.88. The number of nitrogens with zero attached hydrogens (tertiary/aromatic N) is 2. The van der Waals surface area contributed by atoms with Gasteiger partial charge in [0.25, 0.3) is 0 Å². The summed E-state index contributed by atoms with van der Waals surface area (Å²) in [6, 6.07) is 3.93. The molecule has 4 nitrogen and oxygen atoms in total. The Bertz CT molecular complexity index is 537. The lowest BCUT2D eigenvalue weighted by molar-refractivity contribution is 0.788. The normalized spacial score (nSPS) is 21.8. The number of pyridine rings is 1. The maximum absolute atomic E-state index is 5.96. The van der Waals surface area contributed by atoms with Crippen molar-refractivity contribution in [3.05, 3.63) is 24.5 Å². The van der Waals surface area contributed by atoms with Gasteiger partial charge in [-0.3, -0.25) is 4.98 Å². The van der Waals surface area contributed by atoms with E-state index in [0.29, 0.717) is 5.82 Å². The van der Waals surface area contributed by atoms with E-state index in [4.69, 9.17) is 5.73 Å². The van der Waals surface area contributed by atoms with Crippen LogP contribution in [-0.4, -0.2) is 15.9 Å². The fourth-order valence-electron chi connectivity index (χ4n) is 2.13. The first-order valence-electron chi connectivity index (χ1n) is 6.15. The van der Waals surface area contributed by atoms with E-state index in [2.05, 4.69) is 21.6 Å². The van der Waals surface area contributed by atoms with Crippen molar-refractivity contribution in [1.29, 1.82) is 0 Å². The van der Waals surface area contributed by atoms with E-state index >= 15 is 0 Å². The largest absolute Gasteiger partial charge is 0.382 e. The summed E-state index contributed by atoms with van der Waals surface area (Å²) in [7, 11) is 0. The summed E-state index contributed by atoms with van der Waals surface area (Å²) in [5.74, 6) is 2.25. The molecule has 0 radical (unpaired) electrons. The molecule has 0 aliphatic heterocycles. The SMILES string of the molecule is CC1CC1CNc1snc(N)c1-c1ccncc1. The smallest absolute Gasteiger partial charge is 0.147 e. The fraction of sp³-hybridized carbons (Fsp3) is 0.385. The van der Waals surface area contributed by atoms with Gasteiger partial charge < -0.3 is 11.1 Å². The summed E-state index contributed by atoms with van der Waals surface area (Å²) >= 11 is 1.44. The topological polar surface area (TPSA) is 63.8 Å². The number of aromatic nitrogens is 2. The monoisotopic (exact) mass is 260 g/mol. The van der Waals surface area contributed by atoms with Gasteiger partial charge in [-0.05, 0) is 47.5 Å². The van der Waals surface area contributed by atoms with Crippen molar-refractivity contribution in [1.82, 2.24) is 9.36 Å². The van der Waals surface area contributed by atoms with Crippen molar-refractivity contribution in [3.8, 4) is 11.1 Å². The Balaban J connectivity index is 1.82. The van der Waals surface area contributed by atoms with E-state index in [-0.39, 0.29) is 0 Å². The zero-order valence-electron chi connectivity index (χ0n) is 10.3. The van der Waals surface area contributed by atoms with Gasteiger partial charge in [0.1, 0.15) is 10.8 Å². The van der Waals surface area contributed by atoms with Gasteiger partial charge >= 0.3 is 0 Å². The van der Waals surface area contributed by atoms with Crippen LogP contribution in [0.25, 0.3) is 11.1 Å². The van der Waals surface area contributed by atoms with Crippen LogP contribution >= 0.6 is 11.5 Å². The Morgan fingerprint density at radius 3 is 2.83 bits per heavy atom. The second kappa shape index (κ2) is 4.57. The first kappa shape index (κ1) is 11.5. The molecule has 0 spiro atoms. The standard InChI is InChI=1S/C13H16N4S/c1-8-6-10(8)7-16-13-11(12(14)17-18-13)9-2-4-15-5-3-9/h2-5,8,10,16H,6-7H2,1H3,(H2,14,17). The second-order valence-corrected chi connectivity index (χ2v) is 5.64. The van der Waals surface area contributed by atoms with Crippen LogP contribution < -0.4 is 11.1 Å². The van der Waals surface area contributed by atoms with Gasteiger partial charge in [0.05, 0.1) is 5.56 Å². The molecule has 0 bridgehead atoms. The molecular formula is C13H16N4S. The number of rotatable bonds is 4. The third kappa shape index (κ3) is 2.18. The molecule has 0 saturated heterocycles. The number of nitrogens with one attached hydrogen (secondary N) is 1. The van der Waals surface area contributed by atoms with Gasteiger partial charge in [0.15, 0.2) is 0 Å². The van der Waals surface area contributed by atoms with E-state index < -0.39 is 0 Å². The maximum atomic E-state index is 5.96. The molecule has 3 N–H and O–H groups in total. The van der Waals surface area contributed by atoms with Crippen LogP contribution in [0.3, 0.4) is 0 Å². The van der Waals surface area contributed by atoms with Gasteiger partial charge in [-0.25, -0.2) is 0 Å². The molecule has 94 valence electrons. The van der Waals surface area contributed by atoms with E-state index in [9.17, 15) is 0 Å². The third-order valence-electron chi connectivity index (χ3n) is 3.49. The number of hydrogen-bond acceptors (Lipinski definition) is 5. The number of nitrogens with two attached hydrogens (primary N) is 1. The average molecular weight is 260 g/mol. The first-order valence-corrected chi connectivity index (χ1v) is 6.92. The van der Waals surface area contributed by atoms with Crippen LogP contribution in [0.4, 0.5) is 10.8 Å². The molecule has 2 aromatic heterocycles. The minimum atomic E-state index is 0.595. The molecule has 1 aliphatic carbocycles. The zero-order valence-corrected chi connectivity index (χ0v) is 11.1. The molecule has 1 fully saturated rings. The molecule has 2 unspecified atom stereocenters. The molecule has 0 amide bonds. The predicted molar refractivity (Wildman–Crippen MR) is 75.5 cm³/mol. The Morgan fingerprint density at radius 1 is 1.44 bits per heavy atom. The number of anilines is 2. The maximum Gasteiger partial charge on any atom is 0.147 e. The molecule has 2 atom stereocenters. The zero-order chi connectivity index (χ0) is 12.5. The predicted octanol–water partition coefficient (Wildman–Crippen LogP) is 2.86. The van der Waals surface area contributed by atoms with Crippen molar-refractivity contribution in [3.63, 3.8) is 0 Å². The van der Waals surface area contributed by atoms with Gasteiger partial charge in [0, 0.05) is 18.9 Å². The molecule has 5 heteroatoms. The van der Waals surface area contributed by atoms with Crippen molar-refractivity contribution < 1.29 is 0 Å². The van der Waals surface area contributed by atoms with Crippen molar-refractivity contribution in [2.24, 2.45) is 11.8 Å². The Kier molecular flexibility index (Phi) is 2.91. The minimum Gasteiger partial charge on any atom is -0.382 e. The molecule has 3 rings (SSSR count). The highest BCUT2D eigenvalue weighted by atomic mass is 32.1. The quantitative estimate of drug-likeness (QED) is 0.887. The van der Waals surface area contributed by atoms with Crippen molar-refractivity contribution in [2.75, 3.05) is 17.6 Å². The van der Waals surface area contributed by atoms with Gasteiger partial charge in [-0.1, -0.05) is 6.92 Å². The van der Waals surface area contributed by atoms with Crippen LogP contribution in [0.15, 0.2) is 24.5 Å². The van der Waals surface area contributed by atoms with E-state index in [1.807, 2.05) is 12.1 Å². The van der Waals surface area contributed by atoms with Gasteiger partial charge in [0.2, 0.25) is 0 Å². The molecule has 0 aromatic carbocycles. The molecule has 2 aromatic rings. The molecule has 1 aliphatic rings. The summed E-state index contributed by atoms with van der Waals surface area (Å²) in [6.45, 7) is 3.30. The van der Waals surface area contributed by atoms with Crippen molar-refractivity contribution in [2.45, 2.75) is 13.3 Å². The second-order valence-electron chi connectivity index (χ2n) is 4.86.